The fraction of sp³-hybridized carbons (Fsp3) is 0.455. The number of ether oxygens (including phenoxy) is 1. The minimum Gasteiger partial charge on any atom is -0.383 e. The standard InChI is InChI=1S/C11H18N4O2/c1-8(7-17-3)15(2)11(16)10-5-4-9(14-12)6-13-10/h4-6,8,14H,7,12H2,1-3H3. The third-order valence-electron chi connectivity index (χ3n) is 2.54. The molecule has 6 nitrogen and oxygen atoms in total. The second-order valence-electron chi connectivity index (χ2n) is 3.80. The van der Waals surface area contributed by atoms with Crippen LogP contribution in [0.3, 0.4) is 0 Å². The van der Waals surface area contributed by atoms with E-state index in [0.29, 0.717) is 18.0 Å². The molecule has 0 aliphatic heterocycles. The van der Waals surface area contributed by atoms with Gasteiger partial charge in [0.05, 0.1) is 24.5 Å². The Morgan fingerprint density at radius 3 is 2.82 bits per heavy atom. The summed E-state index contributed by atoms with van der Waals surface area (Å²) in [6, 6.07) is 3.34. The van der Waals surface area contributed by atoms with E-state index < -0.39 is 0 Å². The minimum absolute atomic E-state index is 0.00149. The number of rotatable bonds is 5. The van der Waals surface area contributed by atoms with Crippen molar-refractivity contribution < 1.29 is 9.53 Å². The number of likely N-dealkylation sites (N-methyl/N-ethyl adjacent to an activating group) is 1. The van der Waals surface area contributed by atoms with Gasteiger partial charge in [-0.1, -0.05) is 0 Å². The van der Waals surface area contributed by atoms with Crippen molar-refractivity contribution >= 4 is 11.6 Å². The third kappa shape index (κ3) is 3.40. The van der Waals surface area contributed by atoms with Gasteiger partial charge in [-0.05, 0) is 19.1 Å². The topological polar surface area (TPSA) is 80.5 Å². The maximum absolute atomic E-state index is 12.0. The summed E-state index contributed by atoms with van der Waals surface area (Å²) >= 11 is 0. The van der Waals surface area contributed by atoms with Gasteiger partial charge in [-0.2, -0.15) is 0 Å². The smallest absolute Gasteiger partial charge is 0.272 e. The summed E-state index contributed by atoms with van der Waals surface area (Å²) < 4.78 is 5.01. The number of amides is 1. The summed E-state index contributed by atoms with van der Waals surface area (Å²) in [6.45, 7) is 2.40. The van der Waals surface area contributed by atoms with Crippen LogP contribution in [-0.4, -0.2) is 42.6 Å². The van der Waals surface area contributed by atoms with Gasteiger partial charge in [0.1, 0.15) is 5.69 Å². The molecule has 0 fully saturated rings. The van der Waals surface area contributed by atoms with Crippen LogP contribution in [0, 0.1) is 0 Å². The molecule has 0 spiro atoms. The molecule has 0 aliphatic rings. The molecule has 1 atom stereocenters. The lowest BCUT2D eigenvalue weighted by molar-refractivity contribution is 0.0628. The molecular formula is C11H18N4O2. The van der Waals surface area contributed by atoms with E-state index in [0.717, 1.165) is 0 Å². The Morgan fingerprint density at radius 2 is 2.35 bits per heavy atom. The lowest BCUT2D eigenvalue weighted by Gasteiger charge is -2.23. The number of methoxy groups -OCH3 is 1. The van der Waals surface area contributed by atoms with E-state index in [1.807, 2.05) is 6.92 Å². The van der Waals surface area contributed by atoms with Crippen LogP contribution in [-0.2, 0) is 4.74 Å². The van der Waals surface area contributed by atoms with Crippen molar-refractivity contribution in [3.05, 3.63) is 24.0 Å². The van der Waals surface area contributed by atoms with Crippen molar-refractivity contribution in [3.8, 4) is 0 Å². The Kier molecular flexibility index (Phi) is 4.86. The number of carbonyl (C=O) groups is 1. The van der Waals surface area contributed by atoms with Crippen molar-refractivity contribution in [1.82, 2.24) is 9.88 Å². The van der Waals surface area contributed by atoms with Crippen LogP contribution in [0.1, 0.15) is 17.4 Å². The number of pyridine rings is 1. The number of hydrazine groups is 1. The van der Waals surface area contributed by atoms with Crippen LogP contribution in [0.15, 0.2) is 18.3 Å². The Labute approximate surface area is 101 Å². The number of anilines is 1. The molecule has 0 saturated heterocycles. The molecule has 3 N–H and O–H groups in total. The summed E-state index contributed by atoms with van der Waals surface area (Å²) in [7, 11) is 3.33. The fourth-order valence-corrected chi connectivity index (χ4v) is 1.34. The summed E-state index contributed by atoms with van der Waals surface area (Å²) in [5.41, 5.74) is 3.50. The number of aromatic nitrogens is 1. The first kappa shape index (κ1) is 13.4. The molecule has 1 rings (SSSR count). The Bertz CT molecular complexity index is 366. The average molecular weight is 238 g/mol. The number of nitrogens with two attached hydrogens (primary N) is 1. The second kappa shape index (κ2) is 6.17. The number of carbonyl (C=O) groups excluding carboxylic acids is 1. The first-order valence-electron chi connectivity index (χ1n) is 5.29. The van der Waals surface area contributed by atoms with E-state index in [9.17, 15) is 4.79 Å². The Hall–Kier alpha value is -1.66. The lowest BCUT2D eigenvalue weighted by Crippen LogP contribution is -2.38. The molecule has 1 aromatic heterocycles. The van der Waals surface area contributed by atoms with Crippen molar-refractivity contribution in [1.29, 1.82) is 0 Å². The molecule has 6 heteroatoms. The number of nitrogens with zero attached hydrogens (tertiary/aromatic N) is 2. The Balaban J connectivity index is 2.74. The molecule has 0 bridgehead atoms. The van der Waals surface area contributed by atoms with Crippen molar-refractivity contribution in [3.63, 3.8) is 0 Å². The molecule has 1 aromatic rings. The summed E-state index contributed by atoms with van der Waals surface area (Å²) in [5.74, 6) is 5.08. The summed E-state index contributed by atoms with van der Waals surface area (Å²) in [5, 5.41) is 0. The zero-order valence-corrected chi connectivity index (χ0v) is 10.3. The van der Waals surface area contributed by atoms with Gasteiger partial charge in [0.15, 0.2) is 0 Å². The average Bonchev–Trinajstić information content (AvgIpc) is 2.37. The normalized spacial score (nSPS) is 12.0. The van der Waals surface area contributed by atoms with E-state index in [4.69, 9.17) is 10.6 Å². The van der Waals surface area contributed by atoms with E-state index in [1.165, 1.54) is 6.20 Å². The van der Waals surface area contributed by atoms with Crippen LogP contribution >= 0.6 is 0 Å². The van der Waals surface area contributed by atoms with Gasteiger partial charge in [-0.15, -0.1) is 0 Å². The quantitative estimate of drug-likeness (QED) is 0.576. The monoisotopic (exact) mass is 238 g/mol. The molecule has 0 aliphatic carbocycles. The summed E-state index contributed by atoms with van der Waals surface area (Å²) in [4.78, 5) is 17.7. The predicted molar refractivity (Wildman–Crippen MR) is 65.5 cm³/mol. The highest BCUT2D eigenvalue weighted by Crippen LogP contribution is 2.08. The first-order valence-corrected chi connectivity index (χ1v) is 5.29. The highest BCUT2D eigenvalue weighted by Gasteiger charge is 2.18. The van der Waals surface area contributed by atoms with Crippen molar-refractivity contribution in [2.75, 3.05) is 26.2 Å². The van der Waals surface area contributed by atoms with Crippen molar-refractivity contribution in [2.24, 2.45) is 5.84 Å². The van der Waals surface area contributed by atoms with Crippen LogP contribution in [0.5, 0.6) is 0 Å². The second-order valence-corrected chi connectivity index (χ2v) is 3.80. The van der Waals surface area contributed by atoms with Gasteiger partial charge in [0.2, 0.25) is 0 Å². The molecule has 1 amide bonds. The van der Waals surface area contributed by atoms with E-state index in [1.54, 1.807) is 31.2 Å². The van der Waals surface area contributed by atoms with Gasteiger partial charge in [-0.25, -0.2) is 4.98 Å². The Morgan fingerprint density at radius 1 is 1.65 bits per heavy atom. The number of nitrogen functional groups attached to an aromatic ring is 1. The number of hydrogen-bond acceptors (Lipinski definition) is 5. The zero-order valence-electron chi connectivity index (χ0n) is 10.3. The molecule has 0 radical (unpaired) electrons. The zero-order chi connectivity index (χ0) is 12.8. The highest BCUT2D eigenvalue weighted by molar-refractivity contribution is 5.92. The summed E-state index contributed by atoms with van der Waals surface area (Å²) in [6.07, 6.45) is 1.52. The molecule has 17 heavy (non-hydrogen) atoms. The van der Waals surface area contributed by atoms with E-state index in [-0.39, 0.29) is 11.9 Å². The van der Waals surface area contributed by atoms with Gasteiger partial charge in [-0.3, -0.25) is 10.6 Å². The van der Waals surface area contributed by atoms with Crippen molar-refractivity contribution in [2.45, 2.75) is 13.0 Å². The van der Waals surface area contributed by atoms with Gasteiger partial charge in [0, 0.05) is 14.2 Å². The van der Waals surface area contributed by atoms with Gasteiger partial charge in [0.25, 0.3) is 5.91 Å². The SMILES string of the molecule is COCC(C)N(C)C(=O)c1ccc(NN)cn1. The molecule has 1 heterocycles. The van der Waals surface area contributed by atoms with E-state index >= 15 is 0 Å². The molecular weight excluding hydrogens is 220 g/mol. The predicted octanol–water partition coefficient (Wildman–Crippen LogP) is 0.474. The van der Waals surface area contributed by atoms with Crippen LogP contribution in [0.25, 0.3) is 0 Å². The number of hydrogen-bond donors (Lipinski definition) is 2. The molecule has 94 valence electrons. The first-order chi connectivity index (χ1) is 8.10. The lowest BCUT2D eigenvalue weighted by atomic mass is 10.2. The minimum atomic E-state index is -0.141. The molecule has 0 saturated carbocycles. The van der Waals surface area contributed by atoms with Gasteiger partial charge < -0.3 is 15.1 Å². The third-order valence-corrected chi connectivity index (χ3v) is 2.54. The maximum Gasteiger partial charge on any atom is 0.272 e. The molecule has 0 aromatic carbocycles. The highest BCUT2D eigenvalue weighted by atomic mass is 16.5. The van der Waals surface area contributed by atoms with E-state index in [2.05, 4.69) is 10.4 Å². The maximum atomic E-state index is 12.0. The van der Waals surface area contributed by atoms with Crippen LogP contribution in [0.2, 0.25) is 0 Å². The van der Waals surface area contributed by atoms with Crippen LogP contribution in [0.4, 0.5) is 5.69 Å². The largest absolute Gasteiger partial charge is 0.383 e. The number of nitrogens with one attached hydrogen (secondary N) is 1. The van der Waals surface area contributed by atoms with Crippen LogP contribution < -0.4 is 11.3 Å². The fourth-order valence-electron chi connectivity index (χ4n) is 1.34. The van der Waals surface area contributed by atoms with Gasteiger partial charge >= 0.3 is 0 Å². The molecule has 1 unspecified atom stereocenters.